The number of rotatable bonds is 5. The van der Waals surface area contributed by atoms with E-state index in [1.54, 1.807) is 0 Å². The maximum absolute atomic E-state index is 12.3. The highest BCUT2D eigenvalue weighted by Gasteiger charge is 2.16. The summed E-state index contributed by atoms with van der Waals surface area (Å²) in [6.45, 7) is 1.88. The van der Waals surface area contributed by atoms with Gasteiger partial charge >= 0.3 is 0 Å². The van der Waals surface area contributed by atoms with Crippen LogP contribution in [-0.2, 0) is 4.79 Å². The number of hydrogen-bond acceptors (Lipinski definition) is 6. The van der Waals surface area contributed by atoms with Crippen molar-refractivity contribution in [2.75, 3.05) is 12.4 Å². The lowest BCUT2D eigenvalue weighted by Crippen LogP contribution is -2.14. The number of thiophene rings is 1. The number of aryl methyl sites for hydroxylation is 1. The first kappa shape index (κ1) is 17.2. The van der Waals surface area contributed by atoms with Crippen LogP contribution in [0.3, 0.4) is 0 Å². The highest BCUT2D eigenvalue weighted by Crippen LogP contribution is 2.29. The quantitative estimate of drug-likeness (QED) is 0.387. The Balaban J connectivity index is 2.28. The summed E-state index contributed by atoms with van der Waals surface area (Å²) in [4.78, 5) is 23.3. The molecule has 7 nitrogen and oxygen atoms in total. The molecule has 1 N–H and O–H groups in total. The molecule has 0 bridgehead atoms. The Morgan fingerprint density at radius 2 is 2.21 bits per heavy atom. The van der Waals surface area contributed by atoms with Gasteiger partial charge in [-0.05, 0) is 36.1 Å². The first-order valence-corrected chi connectivity index (χ1v) is 7.64. The Morgan fingerprint density at radius 3 is 2.75 bits per heavy atom. The lowest BCUT2D eigenvalue weighted by Gasteiger charge is -2.09. The van der Waals surface area contributed by atoms with Crippen LogP contribution in [0, 0.1) is 28.4 Å². The zero-order valence-corrected chi connectivity index (χ0v) is 13.7. The molecule has 8 heteroatoms. The molecule has 0 saturated carbocycles. The summed E-state index contributed by atoms with van der Waals surface area (Å²) in [5.41, 5.74) is 0.988. The molecule has 122 valence electrons. The summed E-state index contributed by atoms with van der Waals surface area (Å²) in [5.74, 6) is -0.473. The second-order valence-electron chi connectivity index (χ2n) is 4.73. The molecular weight excluding hydrogens is 330 g/mol. The smallest absolute Gasteiger partial charge is 0.273 e. The third-order valence-electron chi connectivity index (χ3n) is 3.19. The number of nitrogens with one attached hydrogen (secondary N) is 1. The van der Waals surface area contributed by atoms with Crippen LogP contribution < -0.4 is 10.1 Å². The molecule has 0 fully saturated rings. The van der Waals surface area contributed by atoms with E-state index in [2.05, 4.69) is 5.32 Å². The molecule has 0 aliphatic carbocycles. The fourth-order valence-electron chi connectivity index (χ4n) is 1.90. The largest absolute Gasteiger partial charge is 0.494 e. The summed E-state index contributed by atoms with van der Waals surface area (Å²) < 4.78 is 5.06. The van der Waals surface area contributed by atoms with Crippen molar-refractivity contribution in [2.24, 2.45) is 0 Å². The highest BCUT2D eigenvalue weighted by molar-refractivity contribution is 7.11. The van der Waals surface area contributed by atoms with Crippen LogP contribution in [0.15, 0.2) is 35.2 Å². The van der Waals surface area contributed by atoms with Gasteiger partial charge in [-0.15, -0.1) is 11.3 Å². The van der Waals surface area contributed by atoms with E-state index in [-0.39, 0.29) is 22.7 Å². The number of non-ortho nitro benzene ring substituents is 1. The number of nitrogens with zero attached hydrogens (tertiary/aromatic N) is 2. The van der Waals surface area contributed by atoms with E-state index in [4.69, 9.17) is 4.74 Å². The average Bonchev–Trinajstić information content (AvgIpc) is 2.97. The van der Waals surface area contributed by atoms with E-state index in [0.717, 1.165) is 10.4 Å². The van der Waals surface area contributed by atoms with Crippen LogP contribution in [-0.4, -0.2) is 17.9 Å². The van der Waals surface area contributed by atoms with Crippen molar-refractivity contribution >= 4 is 34.7 Å². The number of amides is 1. The Kier molecular flexibility index (Phi) is 5.29. The first-order chi connectivity index (χ1) is 11.5. The molecule has 0 unspecified atom stereocenters. The van der Waals surface area contributed by atoms with Gasteiger partial charge in [0.15, 0.2) is 0 Å². The molecule has 1 amide bonds. The van der Waals surface area contributed by atoms with E-state index >= 15 is 0 Å². The minimum absolute atomic E-state index is 0.0686. The number of nitriles is 1. The van der Waals surface area contributed by atoms with Crippen LogP contribution in [0.2, 0.25) is 0 Å². The fraction of sp³-hybridized carbons (Fsp3) is 0.125. The molecular formula is C16H13N3O4S. The number of ether oxygens (including phenoxy) is 1. The summed E-state index contributed by atoms with van der Waals surface area (Å²) in [6, 6.07) is 7.56. The molecule has 1 aromatic heterocycles. The maximum Gasteiger partial charge on any atom is 0.273 e. The minimum Gasteiger partial charge on any atom is -0.494 e. The first-order valence-electron chi connectivity index (χ1n) is 6.76. The Morgan fingerprint density at radius 1 is 1.46 bits per heavy atom. The summed E-state index contributed by atoms with van der Waals surface area (Å²) in [6.07, 6.45) is 1.51. The van der Waals surface area contributed by atoms with Crippen molar-refractivity contribution in [2.45, 2.75) is 6.92 Å². The van der Waals surface area contributed by atoms with Gasteiger partial charge in [-0.3, -0.25) is 14.9 Å². The Hall–Kier alpha value is -3.18. The van der Waals surface area contributed by atoms with Crippen molar-refractivity contribution in [1.82, 2.24) is 0 Å². The van der Waals surface area contributed by atoms with Crippen molar-refractivity contribution in [3.05, 3.63) is 55.8 Å². The number of methoxy groups -OCH3 is 1. The van der Waals surface area contributed by atoms with Gasteiger partial charge in [0.2, 0.25) is 0 Å². The summed E-state index contributed by atoms with van der Waals surface area (Å²) in [7, 11) is 1.34. The van der Waals surface area contributed by atoms with Gasteiger partial charge in [0.05, 0.1) is 23.8 Å². The molecule has 2 aromatic rings. The highest BCUT2D eigenvalue weighted by atomic mass is 32.1. The van der Waals surface area contributed by atoms with Crippen molar-refractivity contribution in [1.29, 1.82) is 5.26 Å². The normalized spacial score (nSPS) is 10.8. The van der Waals surface area contributed by atoms with Gasteiger partial charge in [0.1, 0.15) is 17.4 Å². The van der Waals surface area contributed by atoms with Crippen molar-refractivity contribution in [3.63, 3.8) is 0 Å². The fourth-order valence-corrected chi connectivity index (χ4v) is 2.76. The molecule has 0 atom stereocenters. The van der Waals surface area contributed by atoms with E-state index in [0.29, 0.717) is 0 Å². The zero-order chi connectivity index (χ0) is 17.7. The molecule has 1 heterocycles. The molecule has 1 aromatic carbocycles. The van der Waals surface area contributed by atoms with Crippen LogP contribution in [0.25, 0.3) is 6.08 Å². The van der Waals surface area contributed by atoms with Crippen LogP contribution in [0.1, 0.15) is 10.4 Å². The SMILES string of the molecule is COc1cc([N+](=O)[O-])ccc1NC(=O)/C(C#N)=C/c1sccc1C. The van der Waals surface area contributed by atoms with Crippen LogP contribution in [0.4, 0.5) is 11.4 Å². The molecule has 2 rings (SSSR count). The second kappa shape index (κ2) is 7.39. The number of benzene rings is 1. The zero-order valence-electron chi connectivity index (χ0n) is 12.9. The van der Waals surface area contributed by atoms with Gasteiger partial charge in [-0.25, -0.2) is 0 Å². The molecule has 0 saturated heterocycles. The molecule has 0 aliphatic rings. The molecule has 24 heavy (non-hydrogen) atoms. The number of anilines is 1. The third-order valence-corrected chi connectivity index (χ3v) is 4.15. The lowest BCUT2D eigenvalue weighted by molar-refractivity contribution is -0.384. The lowest BCUT2D eigenvalue weighted by atomic mass is 10.2. The molecule has 0 aliphatic heterocycles. The molecule has 0 radical (unpaired) electrons. The van der Waals surface area contributed by atoms with E-state index in [1.165, 1.54) is 42.7 Å². The van der Waals surface area contributed by atoms with E-state index in [9.17, 15) is 20.2 Å². The van der Waals surface area contributed by atoms with Crippen molar-refractivity contribution in [3.8, 4) is 11.8 Å². The predicted octanol–water partition coefficient (Wildman–Crippen LogP) is 3.52. The van der Waals surface area contributed by atoms with Crippen molar-refractivity contribution < 1.29 is 14.5 Å². The second-order valence-corrected chi connectivity index (χ2v) is 5.68. The van der Waals surface area contributed by atoms with Gasteiger partial charge in [-0.1, -0.05) is 0 Å². The van der Waals surface area contributed by atoms with Gasteiger partial charge in [0.25, 0.3) is 11.6 Å². The topological polar surface area (TPSA) is 105 Å². The van der Waals surface area contributed by atoms with Gasteiger partial charge < -0.3 is 10.1 Å². The van der Waals surface area contributed by atoms with Crippen LogP contribution >= 0.6 is 11.3 Å². The summed E-state index contributed by atoms with van der Waals surface area (Å²) in [5, 5.41) is 24.4. The van der Waals surface area contributed by atoms with Gasteiger partial charge in [-0.2, -0.15) is 5.26 Å². The van der Waals surface area contributed by atoms with Gasteiger partial charge in [0, 0.05) is 10.9 Å². The third kappa shape index (κ3) is 3.77. The number of carbonyl (C=O) groups excluding carboxylic acids is 1. The van der Waals surface area contributed by atoms with Crippen LogP contribution in [0.5, 0.6) is 5.75 Å². The monoisotopic (exact) mass is 343 g/mol. The number of hydrogen-bond donors (Lipinski definition) is 1. The van der Waals surface area contributed by atoms with E-state index in [1.807, 2.05) is 24.4 Å². The van der Waals surface area contributed by atoms with E-state index < -0.39 is 10.8 Å². The molecule has 0 spiro atoms. The Bertz CT molecular complexity index is 864. The number of nitro benzene ring substituents is 1. The number of carbonyl (C=O) groups is 1. The average molecular weight is 343 g/mol. The minimum atomic E-state index is -0.613. The maximum atomic E-state index is 12.3. The number of nitro groups is 1. The predicted molar refractivity (Wildman–Crippen MR) is 90.9 cm³/mol. The Labute approximate surface area is 141 Å². The standard InChI is InChI=1S/C16H13N3O4S/c1-10-5-6-24-15(10)7-11(9-17)16(20)18-13-4-3-12(19(21)22)8-14(13)23-2/h3-8H,1-2H3,(H,18,20)/b11-7+. The summed E-state index contributed by atoms with van der Waals surface area (Å²) >= 11 is 1.42.